The summed E-state index contributed by atoms with van der Waals surface area (Å²) in [5.41, 5.74) is 17.9. The van der Waals surface area contributed by atoms with E-state index in [1.54, 1.807) is 43.8 Å². The van der Waals surface area contributed by atoms with E-state index in [4.69, 9.17) is 0 Å². The van der Waals surface area contributed by atoms with E-state index in [1.165, 1.54) is 33.4 Å². The maximum Gasteiger partial charge on any atom is -1.00 e. The van der Waals surface area contributed by atoms with Gasteiger partial charge in [-0.05, 0) is 0 Å². The molecule has 2 atom stereocenters. The topological polar surface area (TPSA) is 0 Å². The van der Waals surface area contributed by atoms with Gasteiger partial charge in [0.1, 0.15) is 0 Å². The standard InChI is InChI=1S/C44H34Si.2ClH.Zr/c1-45(2,43-39(33-21-11-5-12-22-33)29-35-25-15-27-37(41(35)43)31-17-7-3-8-18-31)44-40(34-23-13-6-14-24-34)30-36-26-16-28-38(42(36)44)32-19-9-4-10-20-32;;;/h3-30H,1-2H3;2*1H;/q;;;+2/p-2. The summed E-state index contributed by atoms with van der Waals surface area (Å²) in [5, 5.41) is 3.33. The summed E-state index contributed by atoms with van der Waals surface area (Å²) in [6, 6.07) is 59.6. The van der Waals surface area contributed by atoms with Gasteiger partial charge in [-0.3, -0.25) is 0 Å². The van der Waals surface area contributed by atoms with Crippen LogP contribution in [-0.2, 0) is 23.2 Å². The first-order valence-corrected chi connectivity index (χ1v) is 22.2. The number of hydrogen-bond acceptors (Lipinski definition) is 0. The van der Waals surface area contributed by atoms with Gasteiger partial charge >= 0.3 is 287 Å². The molecule has 4 heteroatoms. The Kier molecular flexibility index (Phi) is 8.99. The van der Waals surface area contributed by atoms with E-state index >= 15 is 0 Å². The van der Waals surface area contributed by atoms with E-state index in [1.807, 2.05) is 0 Å². The molecule has 6 aromatic rings. The third kappa shape index (κ3) is 5.04. The quantitative estimate of drug-likeness (QED) is 0.208. The zero-order valence-corrected chi connectivity index (χ0v) is 31.9. The second-order valence-corrected chi connectivity index (χ2v) is 21.1. The molecule has 0 aromatic heterocycles. The minimum Gasteiger partial charge on any atom is -1.00 e. The Hall–Kier alpha value is -3.52. The van der Waals surface area contributed by atoms with Crippen LogP contribution in [0.25, 0.3) is 43.8 Å². The number of halogens is 2. The SMILES string of the molecule is C[Si]1(C)C2=C(c3ccccc3)[CH]([Zr+2][CH]3C(c4ccccc4)=C1c1c(-c4ccccc4)cccc13)c1cccc(-c3ccccc3)c12.[Cl-].[Cl-]. The normalized spacial score (nSPS) is 17.9. The molecule has 0 fully saturated rings. The molecule has 0 spiro atoms. The van der Waals surface area contributed by atoms with Crippen molar-refractivity contribution in [1.82, 2.24) is 0 Å². The number of hydrogen-bond donors (Lipinski definition) is 0. The van der Waals surface area contributed by atoms with Crippen molar-refractivity contribution >= 4 is 29.6 Å². The number of fused-ring (bicyclic) bond motifs is 8. The first-order valence-electron chi connectivity index (χ1n) is 16.4. The molecule has 6 aromatic carbocycles. The Morgan fingerprint density at radius 2 is 0.729 bits per heavy atom. The maximum absolute atomic E-state index is 2.67. The first kappa shape index (κ1) is 33.0. The molecule has 0 saturated carbocycles. The zero-order valence-electron chi connectivity index (χ0n) is 26.9. The van der Waals surface area contributed by atoms with Crippen LogP contribution in [0.3, 0.4) is 0 Å². The third-order valence-electron chi connectivity index (χ3n) is 10.4. The smallest absolute Gasteiger partial charge is 1.00 e. The molecule has 2 unspecified atom stereocenters. The van der Waals surface area contributed by atoms with Crippen LogP contribution in [0.2, 0.25) is 13.1 Å². The second kappa shape index (κ2) is 13.1. The first-order chi connectivity index (χ1) is 22.6. The summed E-state index contributed by atoms with van der Waals surface area (Å²) < 4.78 is 0.978. The summed E-state index contributed by atoms with van der Waals surface area (Å²) in [5.74, 6) is 0. The summed E-state index contributed by atoms with van der Waals surface area (Å²) in [7, 11) is -2.38. The molecule has 48 heavy (non-hydrogen) atoms. The molecule has 1 aliphatic heterocycles. The largest absolute Gasteiger partial charge is 1.00 e. The molecule has 0 nitrogen and oxygen atoms in total. The molecule has 9 rings (SSSR count). The van der Waals surface area contributed by atoms with Crippen LogP contribution in [0.1, 0.15) is 40.6 Å². The average Bonchev–Trinajstić information content (AvgIpc) is 3.65. The minimum absolute atomic E-state index is 0. The Balaban J connectivity index is 0.00000182. The van der Waals surface area contributed by atoms with Crippen LogP contribution in [0.4, 0.5) is 0 Å². The van der Waals surface area contributed by atoms with Crippen LogP contribution in [0.5, 0.6) is 0 Å². The van der Waals surface area contributed by atoms with Crippen LogP contribution >= 0.6 is 0 Å². The van der Waals surface area contributed by atoms with Crippen molar-refractivity contribution in [1.29, 1.82) is 0 Å². The summed E-state index contributed by atoms with van der Waals surface area (Å²) in [6.45, 7) is 5.34. The summed E-state index contributed by atoms with van der Waals surface area (Å²) in [6.07, 6.45) is 0. The fraction of sp³-hybridized carbons (Fsp3) is 0.0909. The number of allylic oxidation sites excluding steroid dienone is 2. The van der Waals surface area contributed by atoms with Gasteiger partial charge in [-0.25, -0.2) is 0 Å². The van der Waals surface area contributed by atoms with Gasteiger partial charge in [-0.2, -0.15) is 0 Å². The molecule has 0 N–H and O–H groups in total. The Morgan fingerprint density at radius 1 is 0.396 bits per heavy atom. The van der Waals surface area contributed by atoms with Crippen molar-refractivity contribution in [3.05, 3.63) is 191 Å². The fourth-order valence-corrected chi connectivity index (χ4v) is 18.5. The van der Waals surface area contributed by atoms with Crippen LogP contribution < -0.4 is 24.8 Å². The zero-order chi connectivity index (χ0) is 30.8. The monoisotopic (exact) mass is 750 g/mol. The summed E-state index contributed by atoms with van der Waals surface area (Å²) in [4.78, 5) is 0. The molecule has 0 saturated heterocycles. The van der Waals surface area contributed by atoms with Crippen LogP contribution in [0, 0.1) is 0 Å². The van der Waals surface area contributed by atoms with Crippen molar-refractivity contribution < 1.29 is 48.0 Å². The average molecular weight is 753 g/mol. The Morgan fingerprint density at radius 3 is 1.08 bits per heavy atom. The predicted molar refractivity (Wildman–Crippen MR) is 193 cm³/mol. The van der Waals surface area contributed by atoms with E-state index in [9.17, 15) is 0 Å². The predicted octanol–water partition coefficient (Wildman–Crippen LogP) is 5.54. The third-order valence-corrected chi connectivity index (χ3v) is 18.5. The van der Waals surface area contributed by atoms with E-state index in [-0.39, 0.29) is 24.8 Å². The van der Waals surface area contributed by atoms with Gasteiger partial charge in [0.25, 0.3) is 0 Å². The van der Waals surface area contributed by atoms with E-state index in [0.717, 1.165) is 0 Å². The molecule has 1 heterocycles. The van der Waals surface area contributed by atoms with Crippen molar-refractivity contribution in [3.63, 3.8) is 0 Å². The van der Waals surface area contributed by atoms with Gasteiger partial charge in [0.15, 0.2) is 0 Å². The van der Waals surface area contributed by atoms with Gasteiger partial charge in [0.05, 0.1) is 0 Å². The molecule has 4 bridgehead atoms. The maximum atomic E-state index is 2.67. The van der Waals surface area contributed by atoms with E-state index < -0.39 is 31.3 Å². The molecule has 3 aliphatic rings. The fourth-order valence-electron chi connectivity index (χ4n) is 8.56. The van der Waals surface area contributed by atoms with Gasteiger partial charge in [0.2, 0.25) is 0 Å². The summed E-state index contributed by atoms with van der Waals surface area (Å²) >= 11 is -1.18. The van der Waals surface area contributed by atoms with Gasteiger partial charge < -0.3 is 24.8 Å². The Bertz CT molecular complexity index is 2030. The molecular formula is C44H34Cl2SiZr. The van der Waals surface area contributed by atoms with Crippen molar-refractivity contribution in [2.24, 2.45) is 0 Å². The van der Waals surface area contributed by atoms with E-state index in [0.29, 0.717) is 7.25 Å². The van der Waals surface area contributed by atoms with Gasteiger partial charge in [-0.1, -0.05) is 0 Å². The van der Waals surface area contributed by atoms with Crippen LogP contribution in [0.15, 0.2) is 158 Å². The minimum atomic E-state index is -2.38. The van der Waals surface area contributed by atoms with Crippen molar-refractivity contribution in [2.75, 3.05) is 0 Å². The van der Waals surface area contributed by atoms with Crippen LogP contribution in [-0.4, -0.2) is 8.07 Å². The molecule has 0 amide bonds. The molecule has 2 aliphatic carbocycles. The Labute approximate surface area is 309 Å². The van der Waals surface area contributed by atoms with E-state index in [2.05, 4.69) is 171 Å². The number of benzene rings is 6. The van der Waals surface area contributed by atoms with Gasteiger partial charge in [-0.15, -0.1) is 0 Å². The molecule has 232 valence electrons. The number of rotatable bonds is 4. The van der Waals surface area contributed by atoms with Crippen molar-refractivity contribution in [2.45, 2.75) is 20.3 Å². The molecular weight excluding hydrogens is 719 g/mol. The second-order valence-electron chi connectivity index (χ2n) is 13.2. The van der Waals surface area contributed by atoms with Crippen molar-refractivity contribution in [3.8, 4) is 22.3 Å². The molecule has 0 radical (unpaired) electrons. The van der Waals surface area contributed by atoms with Gasteiger partial charge in [0, 0.05) is 0 Å².